The van der Waals surface area contributed by atoms with Crippen molar-refractivity contribution in [1.29, 1.82) is 5.26 Å². The first kappa shape index (κ1) is 10.9. The van der Waals surface area contributed by atoms with Crippen LogP contribution in [0, 0.1) is 24.2 Å². The van der Waals surface area contributed by atoms with E-state index >= 15 is 0 Å². The van der Waals surface area contributed by atoms with Crippen molar-refractivity contribution < 1.29 is 0 Å². The molecule has 1 aliphatic rings. The Labute approximate surface area is 96.7 Å². The van der Waals surface area contributed by atoms with E-state index < -0.39 is 0 Å². The molecule has 0 N–H and O–H groups in total. The molecule has 1 aromatic heterocycles. The summed E-state index contributed by atoms with van der Waals surface area (Å²) in [6.07, 6.45) is 2.64. The summed E-state index contributed by atoms with van der Waals surface area (Å²) in [5.41, 5.74) is 1.60. The minimum Gasteiger partial charge on any atom is -0.357 e. The van der Waals surface area contributed by atoms with Gasteiger partial charge in [-0.25, -0.2) is 4.98 Å². The quantitative estimate of drug-likeness (QED) is 0.777. The van der Waals surface area contributed by atoms with Gasteiger partial charge in [0.1, 0.15) is 5.82 Å². The Bertz CT molecular complexity index is 429. The van der Waals surface area contributed by atoms with Gasteiger partial charge < -0.3 is 4.90 Å². The molecule has 0 aromatic carbocycles. The molecule has 1 unspecified atom stereocenters. The number of aryl methyl sites for hydroxylation is 1. The van der Waals surface area contributed by atoms with Crippen molar-refractivity contribution in [3.63, 3.8) is 0 Å². The Hall–Kier alpha value is -1.56. The van der Waals surface area contributed by atoms with E-state index in [2.05, 4.69) is 29.9 Å². The van der Waals surface area contributed by atoms with Gasteiger partial charge in [0.05, 0.1) is 11.6 Å². The van der Waals surface area contributed by atoms with Crippen molar-refractivity contribution in [3.05, 3.63) is 23.4 Å². The fraction of sp³-hybridized carbons (Fsp3) is 0.538. The van der Waals surface area contributed by atoms with E-state index in [1.807, 2.05) is 19.1 Å². The second kappa shape index (κ2) is 4.13. The van der Waals surface area contributed by atoms with Crippen LogP contribution in [0.3, 0.4) is 0 Å². The molecule has 2 rings (SSSR count). The second-order valence-corrected chi connectivity index (χ2v) is 4.66. The van der Waals surface area contributed by atoms with Gasteiger partial charge in [-0.05, 0) is 44.7 Å². The van der Waals surface area contributed by atoms with Gasteiger partial charge in [0.15, 0.2) is 0 Å². The van der Waals surface area contributed by atoms with Gasteiger partial charge in [0.25, 0.3) is 0 Å². The zero-order valence-corrected chi connectivity index (χ0v) is 10.1. The summed E-state index contributed by atoms with van der Waals surface area (Å²) in [4.78, 5) is 6.67. The maximum atomic E-state index is 8.93. The van der Waals surface area contributed by atoms with Gasteiger partial charge in [0, 0.05) is 18.8 Å². The third-order valence-corrected chi connectivity index (χ3v) is 3.35. The van der Waals surface area contributed by atoms with E-state index in [1.165, 1.54) is 12.8 Å². The molecule has 16 heavy (non-hydrogen) atoms. The molecule has 3 heteroatoms. The van der Waals surface area contributed by atoms with Gasteiger partial charge in [-0.3, -0.25) is 0 Å². The lowest BCUT2D eigenvalue weighted by molar-refractivity contribution is 0.603. The Kier molecular flexibility index (Phi) is 2.82. The van der Waals surface area contributed by atoms with E-state index in [1.54, 1.807) is 0 Å². The Morgan fingerprint density at radius 1 is 1.50 bits per heavy atom. The number of aromatic nitrogens is 1. The molecule has 1 fully saturated rings. The highest BCUT2D eigenvalue weighted by atomic mass is 15.2. The first-order valence-electron chi connectivity index (χ1n) is 5.73. The summed E-state index contributed by atoms with van der Waals surface area (Å²) >= 11 is 0. The number of pyridine rings is 1. The van der Waals surface area contributed by atoms with Crippen LogP contribution in [0.1, 0.15) is 31.0 Å². The van der Waals surface area contributed by atoms with Crippen LogP contribution < -0.4 is 4.90 Å². The molecule has 0 spiro atoms. The standard InChI is InChI=1S/C13H17N3/c1-9-6-11(8-14)7-13(15-9)16(3)10(2)12-4-5-12/h6-7,10,12H,4-5H2,1-3H3. The molecule has 0 amide bonds. The Morgan fingerprint density at radius 2 is 2.19 bits per heavy atom. The molecular weight excluding hydrogens is 198 g/mol. The maximum Gasteiger partial charge on any atom is 0.130 e. The number of anilines is 1. The van der Waals surface area contributed by atoms with Gasteiger partial charge in [-0.2, -0.15) is 5.26 Å². The Balaban J connectivity index is 2.25. The highest BCUT2D eigenvalue weighted by Gasteiger charge is 2.31. The van der Waals surface area contributed by atoms with E-state index in [-0.39, 0.29) is 0 Å². The highest BCUT2D eigenvalue weighted by Crippen LogP contribution is 2.35. The minimum absolute atomic E-state index is 0.515. The SMILES string of the molecule is Cc1cc(C#N)cc(N(C)C(C)C2CC2)n1. The largest absolute Gasteiger partial charge is 0.357 e. The molecule has 0 radical (unpaired) electrons. The molecule has 84 valence electrons. The molecule has 1 saturated carbocycles. The first-order valence-corrected chi connectivity index (χ1v) is 5.73. The average Bonchev–Trinajstić information content (AvgIpc) is 3.10. The monoisotopic (exact) mass is 215 g/mol. The van der Waals surface area contributed by atoms with Crippen molar-refractivity contribution in [2.45, 2.75) is 32.7 Å². The molecule has 3 nitrogen and oxygen atoms in total. The van der Waals surface area contributed by atoms with Gasteiger partial charge >= 0.3 is 0 Å². The van der Waals surface area contributed by atoms with Gasteiger partial charge in [-0.15, -0.1) is 0 Å². The van der Waals surface area contributed by atoms with Crippen LogP contribution in [0.2, 0.25) is 0 Å². The first-order chi connectivity index (χ1) is 7.61. The van der Waals surface area contributed by atoms with Crippen molar-refractivity contribution in [2.75, 3.05) is 11.9 Å². The van der Waals surface area contributed by atoms with Crippen molar-refractivity contribution in [2.24, 2.45) is 5.92 Å². The van der Waals surface area contributed by atoms with Crippen LogP contribution >= 0.6 is 0 Å². The predicted octanol–water partition coefficient (Wildman–Crippen LogP) is 2.50. The molecule has 0 bridgehead atoms. The smallest absolute Gasteiger partial charge is 0.130 e. The van der Waals surface area contributed by atoms with Crippen LogP contribution in [-0.2, 0) is 0 Å². The van der Waals surface area contributed by atoms with E-state index in [9.17, 15) is 0 Å². The minimum atomic E-state index is 0.515. The number of nitriles is 1. The predicted molar refractivity (Wildman–Crippen MR) is 64.3 cm³/mol. The molecule has 1 atom stereocenters. The topological polar surface area (TPSA) is 39.9 Å². The number of rotatable bonds is 3. The van der Waals surface area contributed by atoms with Crippen LogP contribution in [0.15, 0.2) is 12.1 Å². The average molecular weight is 215 g/mol. The van der Waals surface area contributed by atoms with Gasteiger partial charge in [0.2, 0.25) is 0 Å². The fourth-order valence-corrected chi connectivity index (χ4v) is 2.00. The molecule has 0 aliphatic heterocycles. The van der Waals surface area contributed by atoms with Crippen molar-refractivity contribution in [1.82, 2.24) is 4.98 Å². The molecule has 0 saturated heterocycles. The lowest BCUT2D eigenvalue weighted by Crippen LogP contribution is -2.31. The zero-order valence-electron chi connectivity index (χ0n) is 10.1. The van der Waals surface area contributed by atoms with Crippen molar-refractivity contribution in [3.8, 4) is 6.07 Å². The number of nitrogens with zero attached hydrogens (tertiary/aromatic N) is 3. The molecule has 1 heterocycles. The molecule has 1 aromatic rings. The number of hydrogen-bond donors (Lipinski definition) is 0. The molecule has 1 aliphatic carbocycles. The third-order valence-electron chi connectivity index (χ3n) is 3.35. The lowest BCUT2D eigenvalue weighted by Gasteiger charge is -2.26. The lowest BCUT2D eigenvalue weighted by atomic mass is 10.1. The van der Waals surface area contributed by atoms with Crippen molar-refractivity contribution >= 4 is 5.82 Å². The van der Waals surface area contributed by atoms with Crippen LogP contribution in [0.5, 0.6) is 0 Å². The maximum absolute atomic E-state index is 8.93. The summed E-state index contributed by atoms with van der Waals surface area (Å²) in [7, 11) is 2.06. The zero-order chi connectivity index (χ0) is 11.7. The van der Waals surface area contributed by atoms with Gasteiger partial charge in [-0.1, -0.05) is 0 Å². The summed E-state index contributed by atoms with van der Waals surface area (Å²) in [6, 6.07) is 6.38. The Morgan fingerprint density at radius 3 is 2.75 bits per heavy atom. The third kappa shape index (κ3) is 2.16. The fourth-order valence-electron chi connectivity index (χ4n) is 2.00. The normalized spacial score (nSPS) is 16.6. The van der Waals surface area contributed by atoms with Crippen LogP contribution in [-0.4, -0.2) is 18.1 Å². The van der Waals surface area contributed by atoms with E-state index in [0.29, 0.717) is 11.6 Å². The summed E-state index contributed by atoms with van der Waals surface area (Å²) in [5, 5.41) is 8.93. The van der Waals surface area contributed by atoms with Crippen LogP contribution in [0.25, 0.3) is 0 Å². The second-order valence-electron chi connectivity index (χ2n) is 4.66. The van der Waals surface area contributed by atoms with E-state index in [4.69, 9.17) is 5.26 Å². The summed E-state index contributed by atoms with van der Waals surface area (Å²) < 4.78 is 0. The summed E-state index contributed by atoms with van der Waals surface area (Å²) in [6.45, 7) is 4.16. The number of hydrogen-bond acceptors (Lipinski definition) is 3. The highest BCUT2D eigenvalue weighted by molar-refractivity contribution is 5.47. The molecular formula is C13H17N3. The van der Waals surface area contributed by atoms with Crippen LogP contribution in [0.4, 0.5) is 5.82 Å². The summed E-state index contributed by atoms with van der Waals surface area (Å²) in [5.74, 6) is 1.72. The van der Waals surface area contributed by atoms with E-state index in [0.717, 1.165) is 17.4 Å².